The third-order valence-corrected chi connectivity index (χ3v) is 6.14. The van der Waals surface area contributed by atoms with E-state index in [4.69, 9.17) is 14.2 Å². The van der Waals surface area contributed by atoms with E-state index < -0.39 is 25.3 Å². The summed E-state index contributed by atoms with van der Waals surface area (Å²) in [4.78, 5) is 36.1. The zero-order valence-corrected chi connectivity index (χ0v) is 18.5. The molecule has 2 rings (SSSR count). The van der Waals surface area contributed by atoms with Gasteiger partial charge in [0, 0.05) is 39.7 Å². The van der Waals surface area contributed by atoms with Gasteiger partial charge in [-0.05, 0) is 30.7 Å². The minimum absolute atomic E-state index is 0.101. The lowest BCUT2D eigenvalue weighted by Gasteiger charge is -2.26. The molecule has 0 aromatic heterocycles. The molecule has 1 aromatic carbocycles. The van der Waals surface area contributed by atoms with E-state index in [-0.39, 0.29) is 17.5 Å². The van der Waals surface area contributed by atoms with Crippen molar-refractivity contribution < 1.29 is 28.7 Å². The number of hydrogen-bond acceptors (Lipinski definition) is 7. The van der Waals surface area contributed by atoms with Crippen LogP contribution in [0.1, 0.15) is 12.8 Å². The molecule has 0 saturated heterocycles. The maximum Gasteiger partial charge on any atom is 0.514 e. The van der Waals surface area contributed by atoms with Crippen LogP contribution in [-0.4, -0.2) is 55.9 Å². The summed E-state index contributed by atoms with van der Waals surface area (Å²) in [5.41, 5.74) is -0.101. The van der Waals surface area contributed by atoms with Crippen LogP contribution in [0.25, 0.3) is 0 Å². The molecule has 10 heteroatoms. The van der Waals surface area contributed by atoms with E-state index in [1.54, 1.807) is 11.0 Å². The normalized spacial score (nSPS) is 18.0. The molecule has 0 unspecified atom stereocenters. The highest BCUT2D eigenvalue weighted by atomic mass is 28.3. The second kappa shape index (κ2) is 10.8. The number of carbonyl (C=O) groups excluding carboxylic acids is 2. The first-order chi connectivity index (χ1) is 14.1. The third kappa shape index (κ3) is 8.24. The van der Waals surface area contributed by atoms with Crippen molar-refractivity contribution in [3.63, 3.8) is 0 Å². The van der Waals surface area contributed by atoms with Crippen molar-refractivity contribution in [3.8, 4) is 5.75 Å². The van der Waals surface area contributed by atoms with Crippen LogP contribution in [0.3, 0.4) is 0 Å². The number of nitro groups is 1. The van der Waals surface area contributed by atoms with Gasteiger partial charge in [-0.3, -0.25) is 10.1 Å². The van der Waals surface area contributed by atoms with E-state index in [0.29, 0.717) is 32.5 Å². The monoisotopic (exact) mass is 436 g/mol. The maximum absolute atomic E-state index is 12.3. The highest BCUT2D eigenvalue weighted by Gasteiger charge is 2.22. The van der Waals surface area contributed by atoms with E-state index in [9.17, 15) is 19.7 Å². The second-order valence-corrected chi connectivity index (χ2v) is 13.8. The summed E-state index contributed by atoms with van der Waals surface area (Å²) in [5, 5.41) is 10.7. The fourth-order valence-corrected chi connectivity index (χ4v) is 3.38. The van der Waals surface area contributed by atoms with E-state index in [1.807, 2.05) is 6.08 Å². The Hall–Kier alpha value is -2.88. The molecule has 0 bridgehead atoms. The van der Waals surface area contributed by atoms with Crippen LogP contribution in [0.5, 0.6) is 5.75 Å². The number of nitro benzene ring substituents is 1. The molecule has 0 N–H and O–H groups in total. The molecule has 0 fully saturated rings. The Bertz CT molecular complexity index is 774. The van der Waals surface area contributed by atoms with Gasteiger partial charge in [-0.25, -0.2) is 9.59 Å². The highest BCUT2D eigenvalue weighted by molar-refractivity contribution is 6.76. The summed E-state index contributed by atoms with van der Waals surface area (Å²) in [5.74, 6) is 0.146. The Labute approximate surface area is 176 Å². The number of carbonyl (C=O) groups is 2. The molecule has 0 radical (unpaired) electrons. The summed E-state index contributed by atoms with van der Waals surface area (Å²) in [6, 6.07) is 6.04. The minimum atomic E-state index is -1.27. The zero-order chi connectivity index (χ0) is 22.1. The predicted molar refractivity (Wildman–Crippen MR) is 113 cm³/mol. The molecule has 0 aliphatic carbocycles. The molecule has 1 aliphatic heterocycles. The molecule has 0 spiro atoms. The molecule has 1 amide bonds. The minimum Gasteiger partial charge on any atom is -0.450 e. The van der Waals surface area contributed by atoms with E-state index in [0.717, 1.165) is 6.04 Å². The first kappa shape index (κ1) is 23.4. The lowest BCUT2D eigenvalue weighted by Crippen LogP contribution is -2.37. The lowest BCUT2D eigenvalue weighted by molar-refractivity contribution is -0.384. The van der Waals surface area contributed by atoms with Crippen molar-refractivity contribution in [1.29, 1.82) is 0 Å². The molecular formula is C20H28N2O7Si. The highest BCUT2D eigenvalue weighted by Crippen LogP contribution is 2.19. The molecule has 1 heterocycles. The smallest absolute Gasteiger partial charge is 0.450 e. The van der Waals surface area contributed by atoms with Gasteiger partial charge in [0.2, 0.25) is 0 Å². The van der Waals surface area contributed by atoms with E-state index in [1.165, 1.54) is 24.3 Å². The molecule has 9 nitrogen and oxygen atoms in total. The molecular weight excluding hydrogens is 408 g/mol. The average Bonchev–Trinajstić information content (AvgIpc) is 2.63. The Balaban J connectivity index is 1.82. The lowest BCUT2D eigenvalue weighted by atomic mass is 10.1. The number of benzene rings is 1. The van der Waals surface area contributed by atoms with Crippen molar-refractivity contribution in [3.05, 3.63) is 46.5 Å². The van der Waals surface area contributed by atoms with Crippen LogP contribution in [-0.2, 0) is 9.47 Å². The Morgan fingerprint density at radius 3 is 2.53 bits per heavy atom. The largest absolute Gasteiger partial charge is 0.514 e. The van der Waals surface area contributed by atoms with E-state index in [2.05, 4.69) is 19.6 Å². The van der Waals surface area contributed by atoms with Crippen LogP contribution in [0, 0.1) is 10.1 Å². The SMILES string of the molecule is C[Si](C)(C)CCOC(=O)N1CC/C=C\[C@@H](OC(=O)Oc2ccc([N+](=O)[O-])cc2)CC1. The van der Waals surface area contributed by atoms with Gasteiger partial charge in [-0.2, -0.15) is 0 Å². The van der Waals surface area contributed by atoms with E-state index >= 15 is 0 Å². The fraction of sp³-hybridized carbons (Fsp3) is 0.500. The molecule has 1 atom stereocenters. The summed E-state index contributed by atoms with van der Waals surface area (Å²) >= 11 is 0. The molecule has 0 saturated carbocycles. The Kier molecular flexibility index (Phi) is 8.40. The van der Waals surface area contributed by atoms with Gasteiger partial charge < -0.3 is 19.1 Å². The zero-order valence-electron chi connectivity index (χ0n) is 17.5. The van der Waals surface area contributed by atoms with Gasteiger partial charge in [0.1, 0.15) is 11.9 Å². The molecule has 164 valence electrons. The number of non-ortho nitro benzene ring substituents is 1. The number of hydrogen-bond donors (Lipinski definition) is 0. The van der Waals surface area contributed by atoms with Crippen LogP contribution >= 0.6 is 0 Å². The first-order valence-corrected chi connectivity index (χ1v) is 13.6. The van der Waals surface area contributed by atoms with Crippen LogP contribution < -0.4 is 4.74 Å². The summed E-state index contributed by atoms with van der Waals surface area (Å²) in [6.45, 7) is 8.02. The number of ether oxygens (including phenoxy) is 3. The van der Waals surface area contributed by atoms with Gasteiger partial charge in [0.15, 0.2) is 0 Å². The standard InChI is InChI=1S/C20H28N2O7Si/c1-30(2,3)15-14-27-19(23)21-12-5-4-6-17(11-13-21)28-20(24)29-18-9-7-16(8-10-18)22(25)26/h4,6-10,17H,5,11-15H2,1-3H3/b6-4-/t17-/m1/s1. The Morgan fingerprint density at radius 1 is 1.20 bits per heavy atom. The maximum atomic E-state index is 12.3. The van der Waals surface area contributed by atoms with Gasteiger partial charge in [0.25, 0.3) is 5.69 Å². The molecule has 30 heavy (non-hydrogen) atoms. The van der Waals surface area contributed by atoms with Gasteiger partial charge in [0.05, 0.1) is 11.5 Å². The summed E-state index contributed by atoms with van der Waals surface area (Å²) < 4.78 is 15.8. The number of nitrogens with zero attached hydrogens (tertiary/aromatic N) is 2. The van der Waals surface area contributed by atoms with Crippen LogP contribution in [0.2, 0.25) is 25.7 Å². The van der Waals surface area contributed by atoms with Crippen molar-refractivity contribution in [2.45, 2.75) is 44.6 Å². The average molecular weight is 437 g/mol. The molecule has 1 aromatic rings. The van der Waals surface area contributed by atoms with Gasteiger partial charge in [-0.1, -0.05) is 25.7 Å². The van der Waals surface area contributed by atoms with Crippen molar-refractivity contribution in [2.24, 2.45) is 0 Å². The van der Waals surface area contributed by atoms with Crippen LogP contribution in [0.4, 0.5) is 15.3 Å². The van der Waals surface area contributed by atoms with Crippen molar-refractivity contribution in [1.82, 2.24) is 4.90 Å². The van der Waals surface area contributed by atoms with Crippen molar-refractivity contribution in [2.75, 3.05) is 19.7 Å². The molecule has 1 aliphatic rings. The van der Waals surface area contributed by atoms with Gasteiger partial charge in [-0.15, -0.1) is 0 Å². The summed E-state index contributed by atoms with van der Waals surface area (Å²) in [6.07, 6.45) is 2.85. The first-order valence-electron chi connectivity index (χ1n) is 9.85. The fourth-order valence-electron chi connectivity index (χ4n) is 2.67. The Morgan fingerprint density at radius 2 is 1.90 bits per heavy atom. The topological polar surface area (TPSA) is 108 Å². The van der Waals surface area contributed by atoms with Crippen LogP contribution in [0.15, 0.2) is 36.4 Å². The van der Waals surface area contributed by atoms with Gasteiger partial charge >= 0.3 is 12.2 Å². The second-order valence-electron chi connectivity index (χ2n) is 8.18. The quantitative estimate of drug-likeness (QED) is 0.160. The van der Waals surface area contributed by atoms with Crippen molar-refractivity contribution >= 4 is 26.0 Å². The number of rotatable bonds is 6. The number of amides is 1. The third-order valence-electron chi connectivity index (χ3n) is 4.43. The summed E-state index contributed by atoms with van der Waals surface area (Å²) in [7, 11) is -1.27. The predicted octanol–water partition coefficient (Wildman–Crippen LogP) is 4.61.